The van der Waals surface area contributed by atoms with E-state index in [-0.39, 0.29) is 18.4 Å². The van der Waals surface area contributed by atoms with Crippen LogP contribution in [0, 0.1) is 0 Å². The monoisotopic (exact) mass is 484 g/mol. The highest BCUT2D eigenvalue weighted by Crippen LogP contribution is 2.41. The minimum Gasteiger partial charge on any atom is -0.481 e. The van der Waals surface area contributed by atoms with Gasteiger partial charge in [0.1, 0.15) is 11.5 Å². The first kappa shape index (κ1) is 23.9. The smallest absolute Gasteiger partial charge is 0.303 e. The van der Waals surface area contributed by atoms with Crippen LogP contribution in [-0.2, 0) is 28.9 Å². The molecule has 6 nitrogen and oxygen atoms in total. The van der Waals surface area contributed by atoms with Crippen LogP contribution >= 0.6 is 0 Å². The van der Waals surface area contributed by atoms with Crippen LogP contribution in [-0.4, -0.2) is 17.0 Å². The molecular weight excluding hydrogens is 452 g/mol. The molecule has 0 saturated heterocycles. The highest BCUT2D eigenvalue weighted by atomic mass is 16.4. The average molecular weight is 485 g/mol. The van der Waals surface area contributed by atoms with Gasteiger partial charge in [0.2, 0.25) is 0 Å². The number of nitrogens with one attached hydrogen (secondary N) is 2. The van der Waals surface area contributed by atoms with Crippen LogP contribution in [0.15, 0.2) is 52.9 Å². The van der Waals surface area contributed by atoms with Crippen molar-refractivity contribution < 1.29 is 19.1 Å². The SMILES string of the molecule is CCCC(Nc1ccccc1)c1c(C=C2C(=O)Nc3ccc(CCC(=O)O)cc32)oc2c1CCCC2. The topological polar surface area (TPSA) is 91.6 Å². The number of furan rings is 1. The number of aliphatic carboxylic acids is 1. The zero-order chi connectivity index (χ0) is 25.1. The van der Waals surface area contributed by atoms with Crippen molar-refractivity contribution in [3.05, 3.63) is 82.3 Å². The minimum absolute atomic E-state index is 0.0537. The first-order valence-corrected chi connectivity index (χ1v) is 12.9. The highest BCUT2D eigenvalue weighted by Gasteiger charge is 2.30. The zero-order valence-corrected chi connectivity index (χ0v) is 20.6. The zero-order valence-electron chi connectivity index (χ0n) is 20.6. The summed E-state index contributed by atoms with van der Waals surface area (Å²) < 4.78 is 6.46. The summed E-state index contributed by atoms with van der Waals surface area (Å²) in [5, 5.41) is 15.7. The molecule has 0 radical (unpaired) electrons. The number of para-hydroxylation sites is 1. The third kappa shape index (κ3) is 4.94. The van der Waals surface area contributed by atoms with Gasteiger partial charge in [-0.25, -0.2) is 0 Å². The van der Waals surface area contributed by atoms with Gasteiger partial charge >= 0.3 is 5.97 Å². The summed E-state index contributed by atoms with van der Waals surface area (Å²) in [5.41, 5.74) is 6.50. The fraction of sp³-hybridized carbons (Fsp3) is 0.333. The van der Waals surface area contributed by atoms with Crippen LogP contribution in [0.4, 0.5) is 11.4 Å². The number of carbonyl (C=O) groups is 2. The maximum atomic E-state index is 13.0. The second-order valence-corrected chi connectivity index (χ2v) is 9.63. The second kappa shape index (κ2) is 10.4. The van der Waals surface area contributed by atoms with E-state index in [9.17, 15) is 9.59 Å². The average Bonchev–Trinajstić information content (AvgIpc) is 3.40. The fourth-order valence-electron chi connectivity index (χ4n) is 5.33. The lowest BCUT2D eigenvalue weighted by Crippen LogP contribution is -2.14. The van der Waals surface area contributed by atoms with Crippen molar-refractivity contribution >= 4 is 34.9 Å². The van der Waals surface area contributed by atoms with Crippen molar-refractivity contribution in [1.82, 2.24) is 0 Å². The molecule has 1 atom stereocenters. The van der Waals surface area contributed by atoms with E-state index in [1.807, 2.05) is 42.5 Å². The largest absolute Gasteiger partial charge is 0.481 e. The van der Waals surface area contributed by atoms with Crippen molar-refractivity contribution in [2.24, 2.45) is 0 Å². The van der Waals surface area contributed by atoms with E-state index in [0.29, 0.717) is 12.0 Å². The van der Waals surface area contributed by atoms with Crippen molar-refractivity contribution in [2.75, 3.05) is 10.6 Å². The van der Waals surface area contributed by atoms with Gasteiger partial charge in [-0.05, 0) is 73.6 Å². The molecule has 0 bridgehead atoms. The number of anilines is 2. The van der Waals surface area contributed by atoms with Crippen LogP contribution in [0.3, 0.4) is 0 Å². The van der Waals surface area contributed by atoms with E-state index in [2.05, 4.69) is 29.7 Å². The molecule has 2 heterocycles. The molecule has 2 aromatic carbocycles. The predicted molar refractivity (Wildman–Crippen MR) is 142 cm³/mol. The van der Waals surface area contributed by atoms with Crippen molar-refractivity contribution in [3.8, 4) is 0 Å². The molecule has 36 heavy (non-hydrogen) atoms. The van der Waals surface area contributed by atoms with E-state index in [4.69, 9.17) is 9.52 Å². The quantitative estimate of drug-likeness (QED) is 0.297. The molecule has 1 aromatic heterocycles. The number of carbonyl (C=O) groups excluding carboxylic acids is 1. The minimum atomic E-state index is -0.834. The molecule has 2 aliphatic rings. The predicted octanol–water partition coefficient (Wildman–Crippen LogP) is 6.62. The Morgan fingerprint density at radius 2 is 1.97 bits per heavy atom. The van der Waals surface area contributed by atoms with E-state index < -0.39 is 5.97 Å². The van der Waals surface area contributed by atoms with E-state index in [1.165, 1.54) is 5.56 Å². The van der Waals surface area contributed by atoms with Gasteiger partial charge in [0.25, 0.3) is 5.91 Å². The second-order valence-electron chi connectivity index (χ2n) is 9.63. The Bertz CT molecular complexity index is 1310. The summed E-state index contributed by atoms with van der Waals surface area (Å²) >= 11 is 0. The lowest BCUT2D eigenvalue weighted by molar-refractivity contribution is -0.137. The fourth-order valence-corrected chi connectivity index (χ4v) is 5.33. The number of benzene rings is 2. The van der Waals surface area contributed by atoms with Crippen LogP contribution in [0.1, 0.15) is 78.8 Å². The number of carboxylic acid groups (broad SMARTS) is 1. The first-order chi connectivity index (χ1) is 17.5. The number of fused-ring (bicyclic) bond motifs is 2. The summed E-state index contributed by atoms with van der Waals surface area (Å²) in [6, 6.07) is 16.0. The summed E-state index contributed by atoms with van der Waals surface area (Å²) in [4.78, 5) is 24.1. The molecule has 3 N–H and O–H groups in total. The Labute approximate surface area is 211 Å². The molecule has 1 aliphatic heterocycles. The number of aryl methyl sites for hydroxylation is 2. The van der Waals surface area contributed by atoms with Crippen LogP contribution in [0.25, 0.3) is 11.6 Å². The number of hydrogen-bond acceptors (Lipinski definition) is 4. The highest BCUT2D eigenvalue weighted by molar-refractivity contribution is 6.34. The Morgan fingerprint density at radius 3 is 2.75 bits per heavy atom. The Hall–Kier alpha value is -3.80. The van der Waals surface area contributed by atoms with Gasteiger partial charge in [0.15, 0.2) is 0 Å². The molecule has 6 heteroatoms. The summed E-state index contributed by atoms with van der Waals surface area (Å²) in [6.45, 7) is 2.18. The van der Waals surface area contributed by atoms with Gasteiger partial charge < -0.3 is 20.2 Å². The molecule has 186 valence electrons. The lowest BCUT2D eigenvalue weighted by atomic mass is 9.89. The van der Waals surface area contributed by atoms with E-state index in [0.717, 1.165) is 78.1 Å². The summed E-state index contributed by atoms with van der Waals surface area (Å²) in [7, 11) is 0. The number of hydrogen-bond donors (Lipinski definition) is 3. The van der Waals surface area contributed by atoms with E-state index in [1.54, 1.807) is 0 Å². The standard InChI is InChI=1S/C30H32N2O4/c1-2-8-25(31-20-9-4-3-5-10-20)29-21-11-6-7-12-26(21)36-27(29)18-23-22-17-19(14-16-28(33)34)13-15-24(22)32-30(23)35/h3-5,9-10,13,15,17-18,25,31H,2,6-8,11-12,14,16H2,1H3,(H,32,35)(H,33,34). The molecule has 0 spiro atoms. The summed E-state index contributed by atoms with van der Waals surface area (Å²) in [6.07, 6.45) is 8.46. The third-order valence-electron chi connectivity index (χ3n) is 7.05. The van der Waals surface area contributed by atoms with Crippen LogP contribution < -0.4 is 10.6 Å². The van der Waals surface area contributed by atoms with Gasteiger partial charge in [-0.3, -0.25) is 9.59 Å². The van der Waals surface area contributed by atoms with Crippen molar-refractivity contribution in [1.29, 1.82) is 0 Å². The lowest BCUT2D eigenvalue weighted by Gasteiger charge is -2.22. The molecule has 1 unspecified atom stereocenters. The van der Waals surface area contributed by atoms with Crippen LogP contribution in [0.2, 0.25) is 0 Å². The molecule has 0 fully saturated rings. The van der Waals surface area contributed by atoms with Gasteiger partial charge in [0, 0.05) is 35.3 Å². The Kier molecular flexibility index (Phi) is 6.94. The number of carboxylic acids is 1. The normalized spacial score (nSPS) is 16.4. The van der Waals surface area contributed by atoms with Gasteiger partial charge in [-0.15, -0.1) is 0 Å². The molecule has 0 saturated carbocycles. The van der Waals surface area contributed by atoms with Crippen LogP contribution in [0.5, 0.6) is 0 Å². The van der Waals surface area contributed by atoms with Gasteiger partial charge in [-0.1, -0.05) is 37.6 Å². The Balaban J connectivity index is 1.57. The molecule has 5 rings (SSSR count). The van der Waals surface area contributed by atoms with Gasteiger partial charge in [0.05, 0.1) is 11.6 Å². The number of rotatable bonds is 9. The number of amides is 1. The maximum absolute atomic E-state index is 13.0. The third-order valence-corrected chi connectivity index (χ3v) is 7.05. The molecule has 1 amide bonds. The maximum Gasteiger partial charge on any atom is 0.303 e. The molecular formula is C30H32N2O4. The first-order valence-electron chi connectivity index (χ1n) is 12.9. The molecule has 3 aromatic rings. The molecule has 1 aliphatic carbocycles. The van der Waals surface area contributed by atoms with Gasteiger partial charge in [-0.2, -0.15) is 0 Å². The van der Waals surface area contributed by atoms with Crippen molar-refractivity contribution in [2.45, 2.75) is 64.3 Å². The van der Waals surface area contributed by atoms with Crippen molar-refractivity contribution in [3.63, 3.8) is 0 Å². The van der Waals surface area contributed by atoms with E-state index >= 15 is 0 Å². The summed E-state index contributed by atoms with van der Waals surface area (Å²) in [5.74, 6) is 0.786. The Morgan fingerprint density at radius 1 is 1.17 bits per heavy atom.